The zero-order valence-electron chi connectivity index (χ0n) is 41.9. The number of halogens is 20. The molecule has 28 heteroatoms. The normalized spacial score (nSPS) is 13.9. The average Bonchev–Trinajstić information content (AvgIpc) is 3.28. The standard InChI is InChI=1S/C9H8BrF3.C9H8ClF3O2S.C9H9F3O.C9H9F3.C8H8O.C4H9F3Si.CH3.Br3P.Pd/c1-8(10,9(11,12)13)7-5-3-2-4-6-7;1-6(9(11,12)13)7-2-4-8(5-3-7)16(10,14)15;1-8(13,9(10,11)12)7-5-3-2-4-6-7;1-7(9(10,11)12)8-5-3-2-4-6-8;1-7(9)8-5-3-2-4-6-8;1-8(2,3)4(5,6)7;;1-4(2)3;/h2-6H,1H3;2-6H,1H3;2-6,13H,1H3;2-7H,1H3;2-6H,1H3;1-3H3;1H3;;/q;;;;;;-1;;. The summed E-state index contributed by atoms with van der Waals surface area (Å²) in [5, 5.41) is 9.20. The molecule has 440 valence electrons. The molecule has 0 fully saturated rings. The molecule has 0 saturated heterocycles. The van der Waals surface area contributed by atoms with E-state index in [9.17, 15) is 84.2 Å². The minimum absolute atomic E-state index is 0. The van der Waals surface area contributed by atoms with Crippen LogP contribution in [0.3, 0.4) is 0 Å². The second kappa shape index (κ2) is 35.2. The van der Waals surface area contributed by atoms with Crippen molar-refractivity contribution in [3.8, 4) is 0 Å². The molecule has 77 heavy (non-hydrogen) atoms. The maximum Gasteiger partial charge on any atom is 0.421 e. The molecule has 0 spiro atoms. The van der Waals surface area contributed by atoms with Crippen molar-refractivity contribution in [1.82, 2.24) is 0 Å². The SMILES string of the molecule is BrP(Br)Br.CC(=O)c1ccccc1.CC(Br)(c1ccccc1)C(F)(F)F.CC(O)(c1ccccc1)C(F)(F)F.CC(c1ccc(S(=O)(=O)Cl)cc1)C(F)(F)F.CC(c1ccccc1)C(F)(F)F.C[Si](C)(C)C(F)(F)F.[CH3-].[Pd]. The van der Waals surface area contributed by atoms with Crippen molar-refractivity contribution < 1.29 is 105 Å². The van der Waals surface area contributed by atoms with Gasteiger partial charge < -0.3 is 12.5 Å². The molecule has 4 atom stereocenters. The van der Waals surface area contributed by atoms with Crippen LogP contribution in [-0.4, -0.2) is 57.9 Å². The molecule has 5 aromatic carbocycles. The van der Waals surface area contributed by atoms with Gasteiger partial charge in [0.2, 0.25) is 0 Å². The van der Waals surface area contributed by atoms with Crippen molar-refractivity contribution in [2.45, 2.75) is 111 Å². The maximum absolute atomic E-state index is 12.5. The van der Waals surface area contributed by atoms with Crippen molar-refractivity contribution in [2.75, 3.05) is 0 Å². The predicted molar refractivity (Wildman–Crippen MR) is 292 cm³/mol. The molecular formula is C49H54Br4ClF15O4PPdSSi-. The van der Waals surface area contributed by atoms with E-state index in [1.54, 1.807) is 49.4 Å². The maximum atomic E-state index is 12.5. The number of rotatable bonds is 6. The van der Waals surface area contributed by atoms with Crippen molar-refractivity contribution in [3.63, 3.8) is 0 Å². The van der Waals surface area contributed by atoms with Gasteiger partial charge in [-0.05, 0) is 115 Å². The van der Waals surface area contributed by atoms with Gasteiger partial charge in [0, 0.05) is 36.7 Å². The molecule has 5 aromatic rings. The molecule has 0 saturated carbocycles. The Hall–Kier alpha value is -1.85. The van der Waals surface area contributed by atoms with E-state index in [4.69, 9.17) is 10.7 Å². The van der Waals surface area contributed by atoms with Crippen molar-refractivity contribution in [1.29, 1.82) is 0 Å². The van der Waals surface area contributed by atoms with Gasteiger partial charge in [-0.3, -0.25) is 4.79 Å². The van der Waals surface area contributed by atoms with Gasteiger partial charge in [-0.15, -0.1) is 0 Å². The van der Waals surface area contributed by atoms with Crippen LogP contribution in [0.4, 0.5) is 65.9 Å². The van der Waals surface area contributed by atoms with Crippen LogP contribution >= 0.6 is 77.1 Å². The Labute approximate surface area is 492 Å². The number of benzene rings is 5. The van der Waals surface area contributed by atoms with E-state index in [0.717, 1.165) is 57.5 Å². The largest absolute Gasteiger partial charge is 0.421 e. The minimum atomic E-state index is -4.64. The number of hydrogen-bond donors (Lipinski definition) is 1. The van der Waals surface area contributed by atoms with Crippen LogP contribution in [0.2, 0.25) is 19.6 Å². The van der Waals surface area contributed by atoms with Gasteiger partial charge in [0.1, 0.15) is 8.35 Å². The van der Waals surface area contributed by atoms with Gasteiger partial charge >= 0.3 is 30.5 Å². The zero-order valence-corrected chi connectivity index (χ0v) is 53.3. The first-order valence-corrected chi connectivity index (χ1v) is 34.9. The molecule has 0 aliphatic rings. The first-order chi connectivity index (χ1) is 33.6. The summed E-state index contributed by atoms with van der Waals surface area (Å²) in [7, 11) is -1.72. The van der Waals surface area contributed by atoms with E-state index in [1.165, 1.54) is 68.2 Å². The molecule has 4 nitrogen and oxygen atoms in total. The Morgan fingerprint density at radius 3 is 1.06 bits per heavy atom. The third-order valence-corrected chi connectivity index (χ3v) is 13.7. The Morgan fingerprint density at radius 2 is 0.831 bits per heavy atom. The molecule has 0 amide bonds. The number of hydrogen-bond acceptors (Lipinski definition) is 4. The van der Waals surface area contributed by atoms with Crippen molar-refractivity contribution in [3.05, 3.63) is 181 Å². The number of alkyl halides is 16. The molecule has 5 rings (SSSR count). The van der Waals surface area contributed by atoms with E-state index in [2.05, 4.69) is 62.4 Å². The topological polar surface area (TPSA) is 71.4 Å². The average molecular weight is 1540 g/mol. The summed E-state index contributed by atoms with van der Waals surface area (Å²) >= 11 is 12.2. The number of carbonyl (C=O) groups excluding carboxylic acids is 1. The fraction of sp³-hybridized carbons (Fsp3) is 0.347. The van der Waals surface area contributed by atoms with Gasteiger partial charge in [-0.25, -0.2) is 8.42 Å². The third-order valence-electron chi connectivity index (χ3n) is 9.71. The smallest absolute Gasteiger partial charge is 0.376 e. The van der Waals surface area contributed by atoms with E-state index in [1.807, 2.05) is 30.3 Å². The van der Waals surface area contributed by atoms with Gasteiger partial charge in [-0.1, -0.05) is 169 Å². The van der Waals surface area contributed by atoms with Crippen LogP contribution in [0.15, 0.2) is 150 Å². The summed E-state index contributed by atoms with van der Waals surface area (Å²) in [5.41, 5.74) is -1.63. The molecule has 0 heterocycles. The molecule has 0 aliphatic heterocycles. The molecular weight excluding hydrogens is 1490 g/mol. The molecule has 0 radical (unpaired) electrons. The molecule has 0 aliphatic carbocycles. The van der Waals surface area contributed by atoms with Crippen LogP contribution in [0.1, 0.15) is 79.1 Å². The molecule has 0 aromatic heterocycles. The summed E-state index contributed by atoms with van der Waals surface area (Å²) in [4.78, 5) is 10.4. The fourth-order valence-corrected chi connectivity index (χ4v) is 5.59. The number of aliphatic hydroxyl groups is 1. The van der Waals surface area contributed by atoms with Gasteiger partial charge in [0.05, 0.1) is 16.7 Å². The summed E-state index contributed by atoms with van der Waals surface area (Å²) < 4.78 is 202. The molecule has 4 unspecified atom stereocenters. The summed E-state index contributed by atoms with van der Waals surface area (Å²) in [6, 6.07) is 36.2. The van der Waals surface area contributed by atoms with Gasteiger partial charge in [-0.2, -0.15) is 65.9 Å². The Morgan fingerprint density at radius 1 is 0.558 bits per heavy atom. The van der Waals surface area contributed by atoms with E-state index in [-0.39, 0.29) is 59.2 Å². The van der Waals surface area contributed by atoms with Gasteiger partial charge in [0.25, 0.3) is 9.05 Å². The van der Waals surface area contributed by atoms with Crippen LogP contribution < -0.4 is 0 Å². The summed E-state index contributed by atoms with van der Waals surface area (Å²) in [5.74, 6) is -6.82. The number of Topliss-reactive ketones (excluding diaryl/α,β-unsaturated/α-hetero) is 1. The summed E-state index contributed by atoms with van der Waals surface area (Å²) in [6.07, 6.45) is -17.4. The first-order valence-electron chi connectivity index (χ1n) is 20.9. The van der Waals surface area contributed by atoms with Crippen molar-refractivity contribution >= 4 is 100 Å². The predicted octanol–water partition coefficient (Wildman–Crippen LogP) is 21.1. The molecule has 1 N–H and O–H groups in total. The van der Waals surface area contributed by atoms with E-state index < -0.39 is 69.4 Å². The Bertz CT molecular complexity index is 2420. The zero-order chi connectivity index (χ0) is 59.2. The first kappa shape index (κ1) is 81.6. The van der Waals surface area contributed by atoms with Crippen LogP contribution in [-0.2, 0) is 39.4 Å². The number of carbonyl (C=O) groups is 1. The van der Waals surface area contributed by atoms with Crippen LogP contribution in [0, 0.1) is 7.43 Å². The number of ketones is 1. The van der Waals surface area contributed by atoms with Crippen LogP contribution in [0.5, 0.6) is 0 Å². The molecule has 0 bridgehead atoms. The Balaban J connectivity index is -0.000000412. The second-order valence-electron chi connectivity index (χ2n) is 16.6. The monoisotopic (exact) mass is 1540 g/mol. The van der Waals surface area contributed by atoms with E-state index >= 15 is 0 Å². The second-order valence-corrected chi connectivity index (χ2v) is 41.2. The van der Waals surface area contributed by atoms with Crippen LogP contribution in [0.25, 0.3) is 0 Å². The summed E-state index contributed by atoms with van der Waals surface area (Å²) in [6.45, 7) is 9.42. The van der Waals surface area contributed by atoms with E-state index in [0.29, 0.717) is 5.56 Å². The third kappa shape index (κ3) is 32.4. The fourth-order valence-electron chi connectivity index (χ4n) is 4.55. The quantitative estimate of drug-likeness (QED) is 0.0350. The van der Waals surface area contributed by atoms with Crippen molar-refractivity contribution in [2.24, 2.45) is 0 Å². The van der Waals surface area contributed by atoms with Gasteiger partial charge in [0.15, 0.2) is 19.5 Å². The minimum Gasteiger partial charge on any atom is -0.376 e. The Kier molecular flexibility index (Phi) is 37.3.